The number of Topliss-reactive ketones (excluding diaryl/α,β-unsaturated/α-hetero) is 1. The minimum atomic E-state index is -5.08. The van der Waals surface area contributed by atoms with Crippen LogP contribution in [0.25, 0.3) is 0 Å². The standard InChI is InChI=1S/C43H72N18O7.C2HF3O2/c44-25(6-1-15-53-38(45)46)33(64)26(7-2-16-54-39(47)48)58-36(65)27(8-3-17-55-40(49)50)59-37(66)28(9-4-18-56-41(51)52)60-42(67)57-19-5-20-61-21-14-43-24-11-13-31(63)35(43)68-34-30(62)12-10-23(32(34)43)22-29(24)61;3-2(4,5)1(6)7/h10-13,24-29,31,35,62-63H,1-9,14-22,44H2,(H,58,65)(H,59,66)(H4,45,46,53)(H4,47,48,54)(H4,49,50,55)(H4,51,52,56)(H2,57,60,67);(H,6,7)/t24-,25-,26-,27-,28-,29+,31-,35-,43-;/m0./s1. The number of amides is 4. The fourth-order valence-electron chi connectivity index (χ4n) is 9.90. The fraction of sp³-hybridized carbons (Fsp3) is 0.622. The highest BCUT2D eigenvalue weighted by molar-refractivity contribution is 5.96. The number of urea groups is 1. The van der Waals surface area contributed by atoms with Crippen molar-refractivity contribution in [1.82, 2.24) is 26.2 Å². The SMILES string of the molecule is NC(N)=NCCC[C@H](NC(=O)NCCCN1CC[C@]23c4c5ccc(O)c4O[C@H]2[C@@H](O)C=C[C@H]3[C@H]1C5)C(=O)N[C@@H](CCCN=C(N)N)C(=O)N[C@@H](CCCN=C(N)N)C(=O)[C@@H](N)CCCN=C(N)N.O=C(O)C(F)(F)F. The Kier molecular flexibility index (Phi) is 22.3. The van der Waals surface area contributed by atoms with Gasteiger partial charge in [-0.05, 0) is 88.8 Å². The summed E-state index contributed by atoms with van der Waals surface area (Å²) in [5.41, 5.74) is 51.9. The molecule has 1 fully saturated rings. The average molecular weight is 1070 g/mol. The number of hydrogen-bond donors (Lipinski definition) is 16. The van der Waals surface area contributed by atoms with Crippen LogP contribution in [-0.4, -0.2) is 168 Å². The second kappa shape index (κ2) is 27.8. The van der Waals surface area contributed by atoms with E-state index >= 15 is 0 Å². The molecule has 1 aromatic rings. The van der Waals surface area contributed by atoms with Crippen molar-refractivity contribution < 1.29 is 57.2 Å². The van der Waals surface area contributed by atoms with E-state index in [0.717, 1.165) is 30.5 Å². The monoisotopic (exact) mass is 1070 g/mol. The molecule has 0 saturated carbocycles. The Bertz CT molecular complexity index is 2300. The van der Waals surface area contributed by atoms with Crippen molar-refractivity contribution in [3.8, 4) is 11.5 Å². The molecule has 25 N–H and O–H groups in total. The van der Waals surface area contributed by atoms with E-state index in [2.05, 4.69) is 52.2 Å². The number of likely N-dealkylation sites (tertiary alicyclic amines) is 1. The summed E-state index contributed by atoms with van der Waals surface area (Å²) in [6.07, 6.45) is 1.39. The van der Waals surface area contributed by atoms with Gasteiger partial charge in [-0.25, -0.2) is 9.59 Å². The van der Waals surface area contributed by atoms with Gasteiger partial charge in [0.05, 0.1) is 12.1 Å². The summed E-state index contributed by atoms with van der Waals surface area (Å²) in [4.78, 5) is 82.4. The number of carboxylic acid groups (broad SMARTS) is 1. The lowest BCUT2D eigenvalue weighted by atomic mass is 9.53. The highest BCUT2D eigenvalue weighted by Gasteiger charge is 2.64. The number of aromatic hydroxyl groups is 1. The van der Waals surface area contributed by atoms with Crippen LogP contribution in [0.15, 0.2) is 44.3 Å². The summed E-state index contributed by atoms with van der Waals surface area (Å²) in [7, 11) is 0. The van der Waals surface area contributed by atoms with E-state index in [0.29, 0.717) is 38.0 Å². The maximum absolute atomic E-state index is 14.1. The maximum Gasteiger partial charge on any atom is 0.490 e. The number of guanidine groups is 4. The first-order valence-corrected chi connectivity index (χ1v) is 24.5. The predicted molar refractivity (Wildman–Crippen MR) is 272 cm³/mol. The number of carbonyl (C=O) groups excluding carboxylic acids is 4. The molecule has 27 nitrogen and oxygen atoms in total. The summed E-state index contributed by atoms with van der Waals surface area (Å²) in [6.45, 7) is 2.42. The first-order valence-electron chi connectivity index (χ1n) is 24.5. The molecule has 2 aliphatic carbocycles. The number of piperidine rings is 1. The highest BCUT2D eigenvalue weighted by atomic mass is 19.4. The van der Waals surface area contributed by atoms with Crippen LogP contribution < -0.4 is 77.6 Å². The van der Waals surface area contributed by atoms with Crippen LogP contribution in [-0.2, 0) is 31.0 Å². The summed E-state index contributed by atoms with van der Waals surface area (Å²) < 4.78 is 38.0. The van der Waals surface area contributed by atoms with Crippen LogP contribution >= 0.6 is 0 Å². The molecule has 1 aromatic carbocycles. The summed E-state index contributed by atoms with van der Waals surface area (Å²) >= 11 is 0. The van der Waals surface area contributed by atoms with Crippen LogP contribution in [0.4, 0.5) is 18.0 Å². The van der Waals surface area contributed by atoms with Gasteiger partial charge in [0.1, 0.15) is 24.3 Å². The van der Waals surface area contributed by atoms with Crippen molar-refractivity contribution in [2.24, 2.45) is 77.5 Å². The molecule has 2 bridgehead atoms. The van der Waals surface area contributed by atoms with E-state index in [1.54, 1.807) is 12.1 Å². The average Bonchev–Trinajstić information content (AvgIpc) is 3.69. The third kappa shape index (κ3) is 17.1. The Morgan fingerprint density at radius 3 is 1.76 bits per heavy atom. The number of aliphatic carboxylic acids is 1. The number of benzene rings is 1. The van der Waals surface area contributed by atoms with Crippen molar-refractivity contribution >= 4 is 53.4 Å². The van der Waals surface area contributed by atoms with Crippen molar-refractivity contribution in [3.05, 3.63) is 35.4 Å². The second-order valence-corrected chi connectivity index (χ2v) is 18.5. The van der Waals surface area contributed by atoms with Crippen LogP contribution in [0.2, 0.25) is 0 Å². The number of ketones is 1. The Morgan fingerprint density at radius 1 is 0.747 bits per heavy atom. The van der Waals surface area contributed by atoms with Gasteiger partial charge in [0, 0.05) is 62.2 Å². The molecule has 1 saturated heterocycles. The van der Waals surface area contributed by atoms with Gasteiger partial charge in [-0.2, -0.15) is 13.2 Å². The minimum absolute atomic E-state index is 0.0551. The van der Waals surface area contributed by atoms with E-state index in [1.807, 2.05) is 6.07 Å². The number of halogens is 3. The van der Waals surface area contributed by atoms with Gasteiger partial charge in [-0.1, -0.05) is 18.2 Å². The van der Waals surface area contributed by atoms with Gasteiger partial charge in [0.15, 0.2) is 41.1 Å². The van der Waals surface area contributed by atoms with Crippen molar-refractivity contribution in [2.75, 3.05) is 45.8 Å². The summed E-state index contributed by atoms with van der Waals surface area (Å²) in [5.74, 6) is -4.44. The van der Waals surface area contributed by atoms with E-state index < -0.39 is 77.6 Å². The molecule has 9 atom stereocenters. The fourth-order valence-corrected chi connectivity index (χ4v) is 9.90. The number of aliphatic imine (C=N–C) groups is 4. The molecule has 5 rings (SSSR count). The normalized spacial score (nSPS) is 21.3. The molecule has 418 valence electrons. The van der Waals surface area contributed by atoms with E-state index in [4.69, 9.17) is 66.2 Å². The quantitative estimate of drug-likeness (QED) is 0.0175. The number of nitrogens with one attached hydrogen (secondary N) is 4. The Morgan fingerprint density at radius 2 is 1.24 bits per heavy atom. The van der Waals surface area contributed by atoms with Crippen LogP contribution in [0.1, 0.15) is 75.3 Å². The van der Waals surface area contributed by atoms with E-state index in [9.17, 15) is 42.6 Å². The molecule has 30 heteroatoms. The molecule has 0 aromatic heterocycles. The van der Waals surface area contributed by atoms with Gasteiger partial charge >= 0.3 is 18.2 Å². The van der Waals surface area contributed by atoms with E-state index in [-0.39, 0.29) is 106 Å². The zero-order chi connectivity index (χ0) is 55.6. The maximum atomic E-state index is 14.1. The number of nitrogens with zero attached hydrogens (tertiary/aromatic N) is 5. The molecule has 75 heavy (non-hydrogen) atoms. The summed E-state index contributed by atoms with van der Waals surface area (Å²) in [6, 6.07) is -1.26. The van der Waals surface area contributed by atoms with Crippen LogP contribution in [0.3, 0.4) is 0 Å². The number of aliphatic hydroxyl groups is 1. The zero-order valence-electron chi connectivity index (χ0n) is 41.5. The number of aliphatic hydroxyl groups excluding tert-OH is 1. The minimum Gasteiger partial charge on any atom is -0.504 e. The Labute approximate surface area is 430 Å². The molecule has 2 aliphatic heterocycles. The number of alkyl halides is 3. The van der Waals surface area contributed by atoms with E-state index in [1.165, 1.54) is 0 Å². The topological polar surface area (TPSA) is 490 Å². The lowest BCUT2D eigenvalue weighted by molar-refractivity contribution is -0.192. The molecule has 0 radical (unpaired) electrons. The van der Waals surface area contributed by atoms with Crippen molar-refractivity contribution in [1.29, 1.82) is 0 Å². The molecule has 2 heterocycles. The predicted octanol–water partition coefficient (Wildman–Crippen LogP) is -3.66. The number of nitrogens with two attached hydrogens (primary N) is 9. The highest BCUT2D eigenvalue weighted by Crippen LogP contribution is 2.62. The Balaban J connectivity index is 0.00000162. The first kappa shape index (κ1) is 60.2. The molecule has 1 spiro atoms. The zero-order valence-corrected chi connectivity index (χ0v) is 41.5. The van der Waals surface area contributed by atoms with Gasteiger partial charge in [-0.15, -0.1) is 0 Å². The molecule has 4 amide bonds. The van der Waals surface area contributed by atoms with Gasteiger partial charge in [0.25, 0.3) is 0 Å². The first-order chi connectivity index (χ1) is 35.4. The number of phenols is 1. The molecular weight excluding hydrogens is 994 g/mol. The van der Waals surface area contributed by atoms with Gasteiger partial charge < -0.3 is 92.9 Å². The second-order valence-electron chi connectivity index (χ2n) is 18.5. The van der Waals surface area contributed by atoms with Crippen molar-refractivity contribution in [2.45, 2.75) is 125 Å². The van der Waals surface area contributed by atoms with Crippen molar-refractivity contribution in [3.63, 3.8) is 0 Å². The molecule has 4 aliphatic rings. The number of phenolic OH excluding ortho intramolecular Hbond substituents is 1. The lowest BCUT2D eigenvalue weighted by Crippen LogP contribution is -2.65. The van der Waals surface area contributed by atoms with Gasteiger partial charge in [-0.3, -0.25) is 39.3 Å². The number of rotatable bonds is 27. The lowest BCUT2D eigenvalue weighted by Gasteiger charge is -2.57. The summed E-state index contributed by atoms with van der Waals surface area (Å²) in [5, 5.41) is 39.9. The van der Waals surface area contributed by atoms with Crippen LogP contribution in [0, 0.1) is 5.92 Å². The number of carboxylic acids is 1. The van der Waals surface area contributed by atoms with Gasteiger partial charge in [0.2, 0.25) is 11.8 Å². The number of hydrogen-bond acceptors (Lipinski definition) is 14. The third-order valence-electron chi connectivity index (χ3n) is 13.2. The number of ether oxygens (including phenoxy) is 1. The van der Waals surface area contributed by atoms with Crippen LogP contribution in [0.5, 0.6) is 11.5 Å². The molecular formula is C45H73F3N18O9. The third-order valence-corrected chi connectivity index (χ3v) is 13.2. The molecule has 0 unspecified atom stereocenters. The Hall–Kier alpha value is -7.34. The smallest absolute Gasteiger partial charge is 0.490 e. The largest absolute Gasteiger partial charge is 0.504 e. The number of carbonyl (C=O) groups is 5.